The summed E-state index contributed by atoms with van der Waals surface area (Å²) in [6.07, 6.45) is 11.8. The molecule has 112 valence electrons. The van der Waals surface area contributed by atoms with E-state index in [1.807, 2.05) is 12.3 Å². The van der Waals surface area contributed by atoms with E-state index in [-0.39, 0.29) is 0 Å². The molecule has 0 bridgehead atoms. The van der Waals surface area contributed by atoms with Gasteiger partial charge < -0.3 is 11.1 Å². The predicted molar refractivity (Wildman–Crippen MR) is 89.0 cm³/mol. The van der Waals surface area contributed by atoms with Gasteiger partial charge in [-0.05, 0) is 31.9 Å². The van der Waals surface area contributed by atoms with Gasteiger partial charge in [0.1, 0.15) is 0 Å². The van der Waals surface area contributed by atoms with Crippen molar-refractivity contribution < 1.29 is 0 Å². The lowest BCUT2D eigenvalue weighted by Gasteiger charge is -2.25. The number of nitrogen functional groups attached to an aromatic ring is 1. The fourth-order valence-electron chi connectivity index (χ4n) is 2.75. The largest absolute Gasteiger partial charge is 0.398 e. The predicted octanol–water partition coefficient (Wildman–Crippen LogP) is 3.77. The van der Waals surface area contributed by atoms with Crippen molar-refractivity contribution in [3.63, 3.8) is 0 Å². The second-order valence-corrected chi connectivity index (χ2v) is 6.94. The second-order valence-electron chi connectivity index (χ2n) is 5.60. The lowest BCUT2D eigenvalue weighted by atomic mass is 10.0. The zero-order valence-electron chi connectivity index (χ0n) is 12.5. The van der Waals surface area contributed by atoms with Gasteiger partial charge in [0.15, 0.2) is 0 Å². The summed E-state index contributed by atoms with van der Waals surface area (Å²) >= 11 is 2.11. The van der Waals surface area contributed by atoms with Gasteiger partial charge in [0.25, 0.3) is 0 Å². The molecule has 0 spiro atoms. The third-order valence-electron chi connectivity index (χ3n) is 3.95. The first kappa shape index (κ1) is 15.6. The molecule has 1 unspecified atom stereocenters. The summed E-state index contributed by atoms with van der Waals surface area (Å²) in [4.78, 5) is 4.24. The van der Waals surface area contributed by atoms with Gasteiger partial charge in [-0.3, -0.25) is 4.98 Å². The van der Waals surface area contributed by atoms with Crippen LogP contribution in [0.15, 0.2) is 18.5 Å². The Kier molecular flexibility index (Phi) is 6.67. The number of pyridine rings is 1. The first-order valence-corrected chi connectivity index (χ1v) is 8.90. The van der Waals surface area contributed by atoms with Gasteiger partial charge in [-0.15, -0.1) is 0 Å². The summed E-state index contributed by atoms with van der Waals surface area (Å²) in [7, 11) is 0. The Morgan fingerprint density at radius 2 is 2.20 bits per heavy atom. The average Bonchev–Trinajstić information content (AvgIpc) is 2.49. The molecule has 4 heteroatoms. The lowest BCUT2D eigenvalue weighted by molar-refractivity contribution is 0.513. The third-order valence-corrected chi connectivity index (χ3v) is 5.42. The van der Waals surface area contributed by atoms with E-state index in [1.165, 1.54) is 32.1 Å². The molecule has 20 heavy (non-hydrogen) atoms. The monoisotopic (exact) mass is 293 g/mol. The molecule has 1 aromatic rings. The summed E-state index contributed by atoms with van der Waals surface area (Å²) < 4.78 is 0. The van der Waals surface area contributed by atoms with Crippen molar-refractivity contribution in [3.8, 4) is 0 Å². The summed E-state index contributed by atoms with van der Waals surface area (Å²) in [5, 5.41) is 4.47. The minimum atomic E-state index is 0.329. The van der Waals surface area contributed by atoms with E-state index >= 15 is 0 Å². The second kappa shape index (κ2) is 8.53. The zero-order valence-corrected chi connectivity index (χ0v) is 13.3. The van der Waals surface area contributed by atoms with Crippen LogP contribution in [0.3, 0.4) is 0 Å². The highest BCUT2D eigenvalue weighted by Gasteiger charge is 2.19. The molecule has 3 nitrogen and oxygen atoms in total. The van der Waals surface area contributed by atoms with E-state index in [1.54, 1.807) is 6.20 Å². The van der Waals surface area contributed by atoms with Gasteiger partial charge in [0.2, 0.25) is 0 Å². The van der Waals surface area contributed by atoms with Crippen molar-refractivity contribution in [1.82, 2.24) is 10.3 Å². The molecule has 0 aliphatic heterocycles. The van der Waals surface area contributed by atoms with Crippen LogP contribution in [-0.4, -0.2) is 22.5 Å². The maximum atomic E-state index is 6.11. The van der Waals surface area contributed by atoms with E-state index in [2.05, 4.69) is 29.0 Å². The molecule has 1 heterocycles. The van der Waals surface area contributed by atoms with Gasteiger partial charge in [0.05, 0.1) is 0 Å². The third kappa shape index (κ3) is 4.67. The fraction of sp³-hybridized carbons (Fsp3) is 0.688. The SMILES string of the molecule is CCCNC(CSC1CCCCC1)c1cnccc1N. The highest BCUT2D eigenvalue weighted by Crippen LogP contribution is 2.32. The molecule has 2 rings (SSSR count). The Balaban J connectivity index is 1.94. The quantitative estimate of drug-likeness (QED) is 0.803. The zero-order chi connectivity index (χ0) is 14.2. The Morgan fingerprint density at radius 3 is 2.90 bits per heavy atom. The van der Waals surface area contributed by atoms with Crippen LogP contribution in [0.2, 0.25) is 0 Å². The van der Waals surface area contributed by atoms with Crippen molar-refractivity contribution in [3.05, 3.63) is 24.0 Å². The maximum absolute atomic E-state index is 6.11. The molecule has 1 saturated carbocycles. The summed E-state index contributed by atoms with van der Waals surface area (Å²) in [6, 6.07) is 2.23. The highest BCUT2D eigenvalue weighted by atomic mass is 32.2. The number of nitrogens with one attached hydrogen (secondary N) is 1. The van der Waals surface area contributed by atoms with Gasteiger partial charge in [-0.2, -0.15) is 11.8 Å². The Hall–Kier alpha value is -0.740. The highest BCUT2D eigenvalue weighted by molar-refractivity contribution is 7.99. The van der Waals surface area contributed by atoms with E-state index in [4.69, 9.17) is 5.73 Å². The molecule has 1 aliphatic rings. The van der Waals surface area contributed by atoms with Crippen molar-refractivity contribution in [2.24, 2.45) is 0 Å². The Bertz CT molecular complexity index is 391. The first-order chi connectivity index (χ1) is 9.81. The van der Waals surface area contributed by atoms with Crippen molar-refractivity contribution in [2.75, 3.05) is 18.0 Å². The van der Waals surface area contributed by atoms with Crippen LogP contribution < -0.4 is 11.1 Å². The Labute approximate surface area is 127 Å². The molecule has 1 aromatic heterocycles. The van der Waals surface area contributed by atoms with Gasteiger partial charge in [-0.1, -0.05) is 26.2 Å². The minimum Gasteiger partial charge on any atom is -0.398 e. The number of hydrogen-bond acceptors (Lipinski definition) is 4. The number of nitrogens with two attached hydrogens (primary N) is 1. The summed E-state index contributed by atoms with van der Waals surface area (Å²) in [6.45, 7) is 3.23. The maximum Gasteiger partial charge on any atom is 0.0447 e. The van der Waals surface area contributed by atoms with Crippen LogP contribution in [0.4, 0.5) is 5.69 Å². The van der Waals surface area contributed by atoms with Crippen molar-refractivity contribution in [2.45, 2.75) is 56.7 Å². The van der Waals surface area contributed by atoms with E-state index < -0.39 is 0 Å². The number of rotatable bonds is 7. The average molecular weight is 293 g/mol. The van der Waals surface area contributed by atoms with Crippen molar-refractivity contribution >= 4 is 17.4 Å². The van der Waals surface area contributed by atoms with Gasteiger partial charge in [0, 0.05) is 40.7 Å². The number of thioether (sulfide) groups is 1. The number of nitrogens with zero attached hydrogens (tertiary/aromatic N) is 1. The van der Waals surface area contributed by atoms with Crippen LogP contribution in [0.1, 0.15) is 57.1 Å². The van der Waals surface area contributed by atoms with E-state index in [0.29, 0.717) is 6.04 Å². The minimum absolute atomic E-state index is 0.329. The topological polar surface area (TPSA) is 50.9 Å². The fourth-order valence-corrected chi connectivity index (χ4v) is 4.18. The first-order valence-electron chi connectivity index (χ1n) is 7.85. The molecule has 0 amide bonds. The standard InChI is InChI=1S/C16H27N3S/c1-2-9-19-16(14-11-18-10-8-15(14)17)12-20-13-6-4-3-5-7-13/h8,10-11,13,16,19H,2-7,9,12H2,1H3,(H2,17,18). The molecular formula is C16H27N3S. The van der Waals surface area contributed by atoms with Gasteiger partial charge >= 0.3 is 0 Å². The van der Waals surface area contributed by atoms with Crippen LogP contribution in [0.5, 0.6) is 0 Å². The van der Waals surface area contributed by atoms with Crippen molar-refractivity contribution in [1.29, 1.82) is 0 Å². The summed E-state index contributed by atoms with van der Waals surface area (Å²) in [5.41, 5.74) is 8.13. The molecule has 0 aromatic carbocycles. The van der Waals surface area contributed by atoms with Crippen LogP contribution in [0.25, 0.3) is 0 Å². The van der Waals surface area contributed by atoms with Crippen LogP contribution in [-0.2, 0) is 0 Å². The molecule has 1 atom stereocenters. The van der Waals surface area contributed by atoms with E-state index in [9.17, 15) is 0 Å². The normalized spacial score (nSPS) is 18.1. The number of hydrogen-bond donors (Lipinski definition) is 2. The molecule has 3 N–H and O–H groups in total. The van der Waals surface area contributed by atoms with E-state index in [0.717, 1.165) is 35.2 Å². The molecular weight excluding hydrogens is 266 g/mol. The lowest BCUT2D eigenvalue weighted by Crippen LogP contribution is -2.26. The van der Waals surface area contributed by atoms with Crippen LogP contribution in [0, 0.1) is 0 Å². The van der Waals surface area contributed by atoms with Gasteiger partial charge in [-0.25, -0.2) is 0 Å². The summed E-state index contributed by atoms with van der Waals surface area (Å²) in [5.74, 6) is 1.10. The Morgan fingerprint density at radius 1 is 1.40 bits per heavy atom. The number of anilines is 1. The molecule has 0 saturated heterocycles. The smallest absolute Gasteiger partial charge is 0.0447 e. The molecule has 1 aliphatic carbocycles. The molecule has 0 radical (unpaired) electrons. The number of aromatic nitrogens is 1. The molecule has 1 fully saturated rings. The van der Waals surface area contributed by atoms with Crippen LogP contribution >= 0.6 is 11.8 Å².